The number of ether oxygens (including phenoxy) is 1. The summed E-state index contributed by atoms with van der Waals surface area (Å²) in [6, 6.07) is 9.89. The first kappa shape index (κ1) is 19.1. The summed E-state index contributed by atoms with van der Waals surface area (Å²) >= 11 is 0. The number of amides is 3. The van der Waals surface area contributed by atoms with Gasteiger partial charge < -0.3 is 25.2 Å². The van der Waals surface area contributed by atoms with E-state index in [1.807, 2.05) is 30.0 Å². The number of methoxy groups -OCH3 is 1. The highest BCUT2D eigenvalue weighted by Gasteiger charge is 2.21. The van der Waals surface area contributed by atoms with Crippen molar-refractivity contribution in [3.05, 3.63) is 30.3 Å². The van der Waals surface area contributed by atoms with Crippen LogP contribution in [0.1, 0.15) is 13.3 Å². The normalized spacial score (nSPS) is 15.6. The van der Waals surface area contributed by atoms with Crippen molar-refractivity contribution in [1.82, 2.24) is 15.5 Å². The highest BCUT2D eigenvalue weighted by Crippen LogP contribution is 2.15. The first-order valence-corrected chi connectivity index (χ1v) is 8.71. The summed E-state index contributed by atoms with van der Waals surface area (Å²) in [5.74, 6) is 0.0814. The lowest BCUT2D eigenvalue weighted by Gasteiger charge is -2.36. The Bertz CT molecular complexity index is 545. The van der Waals surface area contributed by atoms with Crippen molar-refractivity contribution in [3.8, 4) is 0 Å². The minimum atomic E-state index is -0.272. The molecule has 0 saturated carbocycles. The van der Waals surface area contributed by atoms with E-state index in [4.69, 9.17) is 4.74 Å². The van der Waals surface area contributed by atoms with Crippen LogP contribution >= 0.6 is 0 Å². The van der Waals surface area contributed by atoms with E-state index in [0.29, 0.717) is 32.7 Å². The molecule has 0 bridgehead atoms. The highest BCUT2D eigenvalue weighted by atomic mass is 16.5. The van der Waals surface area contributed by atoms with Crippen molar-refractivity contribution >= 4 is 17.6 Å². The first-order chi connectivity index (χ1) is 12.1. The van der Waals surface area contributed by atoms with Gasteiger partial charge >= 0.3 is 6.03 Å². The second-order valence-electron chi connectivity index (χ2n) is 6.21. The number of piperazine rings is 1. The van der Waals surface area contributed by atoms with Gasteiger partial charge in [-0.25, -0.2) is 4.79 Å². The van der Waals surface area contributed by atoms with E-state index >= 15 is 0 Å². The third-order valence-electron chi connectivity index (χ3n) is 4.17. The Labute approximate surface area is 149 Å². The third kappa shape index (κ3) is 6.26. The molecule has 1 aromatic rings. The predicted molar refractivity (Wildman–Crippen MR) is 97.7 cm³/mol. The molecule has 0 spiro atoms. The average molecular weight is 348 g/mol. The molecule has 2 N–H and O–H groups in total. The van der Waals surface area contributed by atoms with Gasteiger partial charge in [0.1, 0.15) is 0 Å². The van der Waals surface area contributed by atoms with E-state index in [2.05, 4.69) is 27.7 Å². The van der Waals surface area contributed by atoms with Crippen molar-refractivity contribution in [2.45, 2.75) is 19.4 Å². The zero-order chi connectivity index (χ0) is 18.1. The van der Waals surface area contributed by atoms with Gasteiger partial charge in [0.05, 0.1) is 12.6 Å². The molecule has 3 amide bonds. The Kier molecular flexibility index (Phi) is 7.53. The Hall–Kier alpha value is -2.28. The quantitative estimate of drug-likeness (QED) is 0.773. The van der Waals surface area contributed by atoms with Crippen LogP contribution in [0.4, 0.5) is 10.5 Å². The van der Waals surface area contributed by atoms with Crippen molar-refractivity contribution in [2.75, 3.05) is 51.3 Å². The Balaban J connectivity index is 1.65. The summed E-state index contributed by atoms with van der Waals surface area (Å²) in [5.41, 5.74) is 1.19. The smallest absolute Gasteiger partial charge is 0.315 e. The lowest BCUT2D eigenvalue weighted by molar-refractivity contribution is -0.131. The Morgan fingerprint density at radius 1 is 1.16 bits per heavy atom. The standard InChI is InChI=1S/C18H28N4O3/c1-15(14-25-2)20-18(24)19-9-8-17(23)22-12-10-21(11-13-22)16-6-4-3-5-7-16/h3-7,15H,8-14H2,1-2H3,(H2,19,20,24)/t15-/m0/s1. The summed E-state index contributed by atoms with van der Waals surface area (Å²) < 4.78 is 4.96. The maximum atomic E-state index is 12.3. The van der Waals surface area contributed by atoms with Gasteiger partial charge in [-0.05, 0) is 19.1 Å². The van der Waals surface area contributed by atoms with Crippen LogP contribution < -0.4 is 15.5 Å². The number of para-hydroxylation sites is 1. The van der Waals surface area contributed by atoms with Gasteiger partial charge in [-0.3, -0.25) is 4.79 Å². The fourth-order valence-electron chi connectivity index (χ4n) is 2.86. The molecule has 0 unspecified atom stereocenters. The van der Waals surface area contributed by atoms with Crippen LogP contribution in [0.3, 0.4) is 0 Å². The molecule has 138 valence electrons. The van der Waals surface area contributed by atoms with Crippen LogP contribution in [0.5, 0.6) is 0 Å². The van der Waals surface area contributed by atoms with E-state index in [-0.39, 0.29) is 18.0 Å². The van der Waals surface area contributed by atoms with Crippen LogP contribution in [0.2, 0.25) is 0 Å². The number of carbonyl (C=O) groups is 2. The van der Waals surface area contributed by atoms with Gasteiger partial charge in [-0.1, -0.05) is 18.2 Å². The summed E-state index contributed by atoms with van der Waals surface area (Å²) in [6.07, 6.45) is 0.317. The number of nitrogens with zero attached hydrogens (tertiary/aromatic N) is 2. The van der Waals surface area contributed by atoms with Crippen LogP contribution in [0, 0.1) is 0 Å². The maximum absolute atomic E-state index is 12.3. The molecule has 1 aliphatic rings. The van der Waals surface area contributed by atoms with E-state index in [0.717, 1.165) is 13.1 Å². The predicted octanol–water partition coefficient (Wildman–Crippen LogP) is 1.06. The second kappa shape index (κ2) is 9.88. The lowest BCUT2D eigenvalue weighted by atomic mass is 10.2. The molecule has 25 heavy (non-hydrogen) atoms. The Morgan fingerprint density at radius 3 is 2.48 bits per heavy atom. The van der Waals surface area contributed by atoms with Gasteiger partial charge in [-0.2, -0.15) is 0 Å². The molecule has 1 aliphatic heterocycles. The fourth-order valence-corrected chi connectivity index (χ4v) is 2.86. The molecule has 2 rings (SSSR count). The van der Waals surface area contributed by atoms with E-state index in [1.165, 1.54) is 5.69 Å². The zero-order valence-corrected chi connectivity index (χ0v) is 15.0. The third-order valence-corrected chi connectivity index (χ3v) is 4.17. The van der Waals surface area contributed by atoms with Crippen molar-refractivity contribution in [2.24, 2.45) is 0 Å². The highest BCUT2D eigenvalue weighted by molar-refractivity contribution is 5.78. The molecule has 1 fully saturated rings. The van der Waals surface area contributed by atoms with Gasteiger partial charge in [-0.15, -0.1) is 0 Å². The van der Waals surface area contributed by atoms with Crippen LogP contribution in [-0.4, -0.2) is 69.3 Å². The molecular weight excluding hydrogens is 320 g/mol. The van der Waals surface area contributed by atoms with Crippen molar-refractivity contribution in [3.63, 3.8) is 0 Å². The minimum Gasteiger partial charge on any atom is -0.383 e. The number of hydrogen-bond donors (Lipinski definition) is 2. The average Bonchev–Trinajstić information content (AvgIpc) is 2.62. The molecule has 1 atom stereocenters. The number of benzene rings is 1. The lowest BCUT2D eigenvalue weighted by Crippen LogP contribution is -2.49. The molecule has 0 aliphatic carbocycles. The second-order valence-corrected chi connectivity index (χ2v) is 6.21. The largest absolute Gasteiger partial charge is 0.383 e. The monoisotopic (exact) mass is 348 g/mol. The number of urea groups is 1. The molecule has 7 nitrogen and oxygen atoms in total. The molecule has 7 heteroatoms. The van der Waals surface area contributed by atoms with Crippen LogP contribution in [-0.2, 0) is 9.53 Å². The summed E-state index contributed by atoms with van der Waals surface area (Å²) in [6.45, 7) is 5.74. The van der Waals surface area contributed by atoms with Gasteiger partial charge in [0.25, 0.3) is 0 Å². The molecular formula is C18H28N4O3. The number of hydrogen-bond acceptors (Lipinski definition) is 4. The van der Waals surface area contributed by atoms with E-state index < -0.39 is 0 Å². The Morgan fingerprint density at radius 2 is 1.84 bits per heavy atom. The van der Waals surface area contributed by atoms with Crippen LogP contribution in [0.25, 0.3) is 0 Å². The fraction of sp³-hybridized carbons (Fsp3) is 0.556. The number of anilines is 1. The van der Waals surface area contributed by atoms with Gasteiger partial charge in [0.15, 0.2) is 0 Å². The van der Waals surface area contributed by atoms with Crippen molar-refractivity contribution < 1.29 is 14.3 Å². The van der Waals surface area contributed by atoms with Gasteiger partial charge in [0, 0.05) is 51.9 Å². The van der Waals surface area contributed by atoms with E-state index in [1.54, 1.807) is 7.11 Å². The van der Waals surface area contributed by atoms with Crippen LogP contribution in [0.15, 0.2) is 30.3 Å². The molecule has 1 aromatic carbocycles. The zero-order valence-electron chi connectivity index (χ0n) is 15.0. The molecule has 0 aromatic heterocycles. The summed E-state index contributed by atoms with van der Waals surface area (Å²) in [7, 11) is 1.59. The molecule has 1 heterocycles. The number of carbonyl (C=O) groups excluding carboxylic acids is 2. The number of rotatable bonds is 7. The summed E-state index contributed by atoms with van der Waals surface area (Å²) in [4.78, 5) is 28.1. The topological polar surface area (TPSA) is 73.9 Å². The minimum absolute atomic E-state index is 0.0632. The molecule has 1 saturated heterocycles. The summed E-state index contributed by atoms with van der Waals surface area (Å²) in [5, 5.41) is 5.46. The van der Waals surface area contributed by atoms with Gasteiger partial charge in [0.2, 0.25) is 5.91 Å². The van der Waals surface area contributed by atoms with Crippen molar-refractivity contribution in [1.29, 1.82) is 0 Å². The number of nitrogens with one attached hydrogen (secondary N) is 2. The first-order valence-electron chi connectivity index (χ1n) is 8.71. The SMILES string of the molecule is COC[C@H](C)NC(=O)NCCC(=O)N1CCN(c2ccccc2)CC1. The van der Waals surface area contributed by atoms with E-state index in [9.17, 15) is 9.59 Å². The maximum Gasteiger partial charge on any atom is 0.315 e. The molecule has 0 radical (unpaired) electrons.